The second-order valence-electron chi connectivity index (χ2n) is 8.51. The van der Waals surface area contributed by atoms with E-state index in [0.29, 0.717) is 0 Å². The summed E-state index contributed by atoms with van der Waals surface area (Å²) in [4.78, 5) is 2.15. The molecule has 5 rings (SSSR count). The first kappa shape index (κ1) is 24.5. The Kier molecular flexibility index (Phi) is 7.15. The van der Waals surface area contributed by atoms with Crippen molar-refractivity contribution in [3.63, 3.8) is 0 Å². The number of para-hydroxylation sites is 2. The predicted octanol–water partition coefficient (Wildman–Crippen LogP) is 9.30. The number of methoxy groups -OCH3 is 2. The van der Waals surface area contributed by atoms with Crippen LogP contribution in [0.5, 0.6) is 34.5 Å². The van der Waals surface area contributed by atoms with Crippen molar-refractivity contribution in [2.24, 2.45) is 0 Å². The zero-order valence-electron chi connectivity index (χ0n) is 21.3. The molecule has 5 aromatic rings. The molecule has 0 atom stereocenters. The van der Waals surface area contributed by atoms with E-state index >= 15 is 0 Å². The molecule has 186 valence electrons. The average molecular weight is 509 g/mol. The highest BCUT2D eigenvalue weighted by Crippen LogP contribution is 2.52. The Morgan fingerprint density at radius 2 is 0.838 bits per heavy atom. The maximum atomic E-state index is 6.34. The Labute approximate surface area is 221 Å². The van der Waals surface area contributed by atoms with Gasteiger partial charge in [0.25, 0.3) is 0 Å². The van der Waals surface area contributed by atoms with Crippen LogP contribution in [0.4, 0.5) is 0 Å². The molecule has 1 heterocycles. The Hall–Kier alpha value is -4.22. The number of rotatable bonds is 8. The van der Waals surface area contributed by atoms with Gasteiger partial charge in [-0.2, -0.15) is 0 Å². The predicted molar refractivity (Wildman–Crippen MR) is 151 cm³/mol. The Bertz CT molecular complexity index is 1390. The van der Waals surface area contributed by atoms with Gasteiger partial charge in [0.15, 0.2) is 0 Å². The molecule has 0 N–H and O–H groups in total. The van der Waals surface area contributed by atoms with Crippen molar-refractivity contribution < 1.29 is 18.9 Å². The van der Waals surface area contributed by atoms with Crippen molar-refractivity contribution in [3.8, 4) is 55.4 Å². The normalized spacial score (nSPS) is 10.7. The summed E-state index contributed by atoms with van der Waals surface area (Å²) in [5.74, 6) is 4.53. The zero-order chi connectivity index (χ0) is 25.8. The lowest BCUT2D eigenvalue weighted by Crippen LogP contribution is -1.93. The third-order valence-corrected chi connectivity index (χ3v) is 7.69. The molecule has 1 aromatic heterocycles. The summed E-state index contributed by atoms with van der Waals surface area (Å²) in [5.41, 5.74) is 4.15. The van der Waals surface area contributed by atoms with Crippen LogP contribution >= 0.6 is 11.3 Å². The summed E-state index contributed by atoms with van der Waals surface area (Å²) in [6, 6.07) is 31.4. The monoisotopic (exact) mass is 508 g/mol. The molecule has 0 spiro atoms. The molecule has 0 aliphatic heterocycles. The maximum Gasteiger partial charge on any atom is 0.139 e. The van der Waals surface area contributed by atoms with E-state index in [9.17, 15) is 0 Å². The average Bonchev–Trinajstić information content (AvgIpc) is 3.22. The van der Waals surface area contributed by atoms with Crippen molar-refractivity contribution in [1.29, 1.82) is 0 Å². The van der Waals surface area contributed by atoms with Gasteiger partial charge in [-0.25, -0.2) is 0 Å². The third-order valence-electron chi connectivity index (χ3n) is 6.26. The molecule has 0 bridgehead atoms. The Morgan fingerprint density at radius 3 is 1.22 bits per heavy atom. The van der Waals surface area contributed by atoms with Gasteiger partial charge in [-0.15, -0.1) is 11.3 Å². The standard InChI is InChI=1S/C32H28O4S/c1-21-22(2)32(30-26(34-4)18-12-20-28(30)36-24-15-9-6-10-16-24)37-31(21)29-25(33-3)17-11-19-27(29)35-23-13-7-5-8-14-23/h5-20H,1-4H3. The minimum Gasteiger partial charge on any atom is -0.496 e. The Balaban J connectivity index is 1.67. The largest absolute Gasteiger partial charge is 0.496 e. The van der Waals surface area contributed by atoms with E-state index < -0.39 is 0 Å². The molecule has 0 aliphatic rings. The van der Waals surface area contributed by atoms with E-state index in [2.05, 4.69) is 13.8 Å². The lowest BCUT2D eigenvalue weighted by Gasteiger charge is -2.15. The molecule has 0 radical (unpaired) electrons. The first-order valence-corrected chi connectivity index (χ1v) is 12.8. The van der Waals surface area contributed by atoms with Crippen LogP contribution in [0.2, 0.25) is 0 Å². The fraction of sp³-hybridized carbons (Fsp3) is 0.125. The van der Waals surface area contributed by atoms with Crippen LogP contribution in [0.3, 0.4) is 0 Å². The smallest absolute Gasteiger partial charge is 0.139 e. The Morgan fingerprint density at radius 1 is 0.459 bits per heavy atom. The topological polar surface area (TPSA) is 36.9 Å². The van der Waals surface area contributed by atoms with Crippen molar-refractivity contribution in [2.45, 2.75) is 13.8 Å². The van der Waals surface area contributed by atoms with E-state index in [1.54, 1.807) is 25.6 Å². The fourth-order valence-electron chi connectivity index (χ4n) is 4.28. The summed E-state index contributed by atoms with van der Waals surface area (Å²) in [6.45, 7) is 4.27. The molecular weight excluding hydrogens is 480 g/mol. The van der Waals surface area contributed by atoms with Crippen molar-refractivity contribution in [2.75, 3.05) is 14.2 Å². The van der Waals surface area contributed by atoms with Crippen LogP contribution in [0.15, 0.2) is 97.1 Å². The first-order valence-electron chi connectivity index (χ1n) is 12.0. The van der Waals surface area contributed by atoms with Crippen LogP contribution < -0.4 is 18.9 Å². The van der Waals surface area contributed by atoms with Gasteiger partial charge in [0.2, 0.25) is 0 Å². The highest BCUT2D eigenvalue weighted by atomic mass is 32.1. The van der Waals surface area contributed by atoms with Crippen LogP contribution in [0, 0.1) is 13.8 Å². The summed E-state index contributed by atoms with van der Waals surface area (Å²) >= 11 is 1.68. The lowest BCUT2D eigenvalue weighted by atomic mass is 10.0. The number of ether oxygens (including phenoxy) is 4. The minimum absolute atomic E-state index is 0.738. The third kappa shape index (κ3) is 4.91. The SMILES string of the molecule is COc1cccc(Oc2ccccc2)c1-c1sc(-c2c(OC)cccc2Oc2ccccc2)c(C)c1C. The molecule has 0 saturated carbocycles. The first-order chi connectivity index (χ1) is 18.1. The molecule has 5 heteroatoms. The van der Waals surface area contributed by atoms with E-state index in [-0.39, 0.29) is 0 Å². The van der Waals surface area contributed by atoms with Crippen molar-refractivity contribution in [3.05, 3.63) is 108 Å². The van der Waals surface area contributed by atoms with Crippen LogP contribution in [0.1, 0.15) is 11.1 Å². The van der Waals surface area contributed by atoms with E-state index in [0.717, 1.165) is 66.5 Å². The fourth-order valence-corrected chi connectivity index (χ4v) is 5.71. The second-order valence-corrected chi connectivity index (χ2v) is 9.53. The summed E-state index contributed by atoms with van der Waals surface area (Å²) in [7, 11) is 3.38. The van der Waals surface area contributed by atoms with Gasteiger partial charge in [-0.05, 0) is 73.5 Å². The van der Waals surface area contributed by atoms with Crippen molar-refractivity contribution in [1.82, 2.24) is 0 Å². The highest BCUT2D eigenvalue weighted by molar-refractivity contribution is 7.19. The molecule has 0 unspecified atom stereocenters. The minimum atomic E-state index is 0.738. The molecule has 37 heavy (non-hydrogen) atoms. The number of hydrogen-bond donors (Lipinski definition) is 0. The molecule has 0 aliphatic carbocycles. The molecule has 0 saturated heterocycles. The molecule has 0 amide bonds. The highest BCUT2D eigenvalue weighted by Gasteiger charge is 2.25. The summed E-state index contributed by atoms with van der Waals surface area (Å²) in [5, 5.41) is 0. The second kappa shape index (κ2) is 10.8. The maximum absolute atomic E-state index is 6.34. The van der Waals surface area contributed by atoms with Gasteiger partial charge in [-0.1, -0.05) is 48.5 Å². The molecule has 0 fully saturated rings. The van der Waals surface area contributed by atoms with Crippen molar-refractivity contribution >= 4 is 11.3 Å². The van der Waals surface area contributed by atoms with Gasteiger partial charge in [0, 0.05) is 9.75 Å². The van der Waals surface area contributed by atoms with E-state index in [1.165, 1.54) is 0 Å². The van der Waals surface area contributed by atoms with E-state index in [1.807, 2.05) is 97.1 Å². The zero-order valence-corrected chi connectivity index (χ0v) is 22.1. The number of hydrogen-bond acceptors (Lipinski definition) is 5. The quantitative estimate of drug-likeness (QED) is 0.209. The van der Waals surface area contributed by atoms with E-state index in [4.69, 9.17) is 18.9 Å². The van der Waals surface area contributed by atoms with Crippen LogP contribution in [-0.4, -0.2) is 14.2 Å². The van der Waals surface area contributed by atoms with Gasteiger partial charge in [0.05, 0.1) is 25.3 Å². The molecule has 4 aromatic carbocycles. The number of thiophene rings is 1. The van der Waals surface area contributed by atoms with Gasteiger partial charge >= 0.3 is 0 Å². The molecule has 4 nitrogen and oxygen atoms in total. The van der Waals surface area contributed by atoms with Gasteiger partial charge < -0.3 is 18.9 Å². The van der Waals surface area contributed by atoms with Crippen LogP contribution in [-0.2, 0) is 0 Å². The van der Waals surface area contributed by atoms with Crippen LogP contribution in [0.25, 0.3) is 20.9 Å². The summed E-state index contributed by atoms with van der Waals surface area (Å²) < 4.78 is 24.3. The number of benzene rings is 4. The van der Waals surface area contributed by atoms with Gasteiger partial charge in [0.1, 0.15) is 34.5 Å². The van der Waals surface area contributed by atoms with Gasteiger partial charge in [-0.3, -0.25) is 0 Å². The summed E-state index contributed by atoms with van der Waals surface area (Å²) in [6.07, 6.45) is 0. The molecular formula is C32H28O4S. The lowest BCUT2D eigenvalue weighted by molar-refractivity contribution is 0.411.